The Labute approximate surface area is 118 Å². The standard InChI is InChI=1S/C16H18O4/c1-12(18)20-16-8-4-14(5-9-16)13-2-6-15(7-3-13)19-11-10-17/h2-9,12,17-18H,10-11H2,1H3. The van der Waals surface area contributed by atoms with Gasteiger partial charge in [0.15, 0.2) is 6.29 Å². The Hall–Kier alpha value is -2.04. The first kappa shape index (κ1) is 14.4. The van der Waals surface area contributed by atoms with Crippen LogP contribution in [0.5, 0.6) is 11.5 Å². The minimum absolute atomic E-state index is 0.00644. The lowest BCUT2D eigenvalue weighted by molar-refractivity contribution is -0.000282. The summed E-state index contributed by atoms with van der Waals surface area (Å²) in [4.78, 5) is 0. The zero-order valence-electron chi connectivity index (χ0n) is 11.3. The number of hydrogen-bond donors (Lipinski definition) is 2. The number of aliphatic hydroxyl groups is 2. The molecule has 0 radical (unpaired) electrons. The molecular weight excluding hydrogens is 256 g/mol. The summed E-state index contributed by atoms with van der Waals surface area (Å²) in [6, 6.07) is 15.1. The van der Waals surface area contributed by atoms with Gasteiger partial charge in [-0.15, -0.1) is 0 Å². The van der Waals surface area contributed by atoms with Crippen molar-refractivity contribution in [1.29, 1.82) is 0 Å². The zero-order chi connectivity index (χ0) is 14.4. The Kier molecular flexibility index (Phi) is 4.98. The van der Waals surface area contributed by atoms with Gasteiger partial charge in [0.1, 0.15) is 18.1 Å². The average Bonchev–Trinajstić information content (AvgIpc) is 2.46. The van der Waals surface area contributed by atoms with E-state index in [2.05, 4.69) is 0 Å². The van der Waals surface area contributed by atoms with Gasteiger partial charge in [0.25, 0.3) is 0 Å². The molecule has 0 spiro atoms. The molecule has 0 amide bonds. The van der Waals surface area contributed by atoms with Crippen molar-refractivity contribution < 1.29 is 19.7 Å². The average molecular weight is 274 g/mol. The quantitative estimate of drug-likeness (QED) is 0.794. The molecule has 2 aromatic rings. The first-order chi connectivity index (χ1) is 9.69. The molecule has 0 aliphatic carbocycles. The number of aliphatic hydroxyl groups excluding tert-OH is 2. The highest BCUT2D eigenvalue weighted by molar-refractivity contribution is 5.64. The summed E-state index contributed by atoms with van der Waals surface area (Å²) in [7, 11) is 0. The van der Waals surface area contributed by atoms with Gasteiger partial charge in [-0.25, -0.2) is 0 Å². The van der Waals surface area contributed by atoms with E-state index in [0.717, 1.165) is 16.9 Å². The number of ether oxygens (including phenoxy) is 2. The minimum atomic E-state index is -0.816. The van der Waals surface area contributed by atoms with Crippen molar-refractivity contribution in [2.75, 3.05) is 13.2 Å². The molecule has 4 heteroatoms. The Balaban J connectivity index is 2.07. The second-order valence-corrected chi connectivity index (χ2v) is 4.34. The van der Waals surface area contributed by atoms with E-state index in [1.54, 1.807) is 6.92 Å². The van der Waals surface area contributed by atoms with Gasteiger partial charge in [-0.05, 0) is 42.3 Å². The molecule has 2 N–H and O–H groups in total. The molecule has 1 atom stereocenters. The summed E-state index contributed by atoms with van der Waals surface area (Å²) in [5.41, 5.74) is 2.11. The number of rotatable bonds is 6. The van der Waals surface area contributed by atoms with Crippen LogP contribution in [0, 0.1) is 0 Å². The molecule has 0 aliphatic heterocycles. The van der Waals surface area contributed by atoms with Crippen LogP contribution in [0.15, 0.2) is 48.5 Å². The number of benzene rings is 2. The molecule has 0 saturated heterocycles. The predicted octanol–water partition coefficient (Wildman–Crippen LogP) is 2.44. The lowest BCUT2D eigenvalue weighted by atomic mass is 10.1. The van der Waals surface area contributed by atoms with Crippen molar-refractivity contribution in [2.45, 2.75) is 13.2 Å². The van der Waals surface area contributed by atoms with E-state index in [1.165, 1.54) is 0 Å². The topological polar surface area (TPSA) is 58.9 Å². The van der Waals surface area contributed by atoms with Gasteiger partial charge in [-0.3, -0.25) is 0 Å². The molecule has 0 aliphatic rings. The molecule has 0 heterocycles. The maximum atomic E-state index is 9.14. The van der Waals surface area contributed by atoms with Crippen LogP contribution in [-0.2, 0) is 0 Å². The summed E-state index contributed by atoms with van der Waals surface area (Å²) >= 11 is 0. The molecule has 4 nitrogen and oxygen atoms in total. The maximum Gasteiger partial charge on any atom is 0.194 e. The zero-order valence-corrected chi connectivity index (χ0v) is 11.3. The maximum absolute atomic E-state index is 9.14. The minimum Gasteiger partial charge on any atom is -0.491 e. The molecule has 0 bridgehead atoms. The van der Waals surface area contributed by atoms with Crippen molar-refractivity contribution in [3.8, 4) is 22.6 Å². The molecule has 0 fully saturated rings. The SMILES string of the molecule is CC(O)Oc1ccc(-c2ccc(OCCO)cc2)cc1. The van der Waals surface area contributed by atoms with Crippen molar-refractivity contribution >= 4 is 0 Å². The highest BCUT2D eigenvalue weighted by Crippen LogP contribution is 2.24. The van der Waals surface area contributed by atoms with Crippen LogP contribution in [0.2, 0.25) is 0 Å². The monoisotopic (exact) mass is 274 g/mol. The van der Waals surface area contributed by atoms with Crippen molar-refractivity contribution in [2.24, 2.45) is 0 Å². The van der Waals surface area contributed by atoms with Crippen LogP contribution < -0.4 is 9.47 Å². The summed E-state index contributed by atoms with van der Waals surface area (Å²) in [6.07, 6.45) is -0.816. The summed E-state index contributed by atoms with van der Waals surface area (Å²) in [5, 5.41) is 17.8. The molecule has 0 saturated carbocycles. The van der Waals surface area contributed by atoms with Crippen LogP contribution in [0.25, 0.3) is 11.1 Å². The fourth-order valence-corrected chi connectivity index (χ4v) is 1.83. The highest BCUT2D eigenvalue weighted by atomic mass is 16.6. The predicted molar refractivity (Wildman–Crippen MR) is 76.8 cm³/mol. The van der Waals surface area contributed by atoms with E-state index in [1.807, 2.05) is 48.5 Å². The van der Waals surface area contributed by atoms with Crippen molar-refractivity contribution in [1.82, 2.24) is 0 Å². The van der Waals surface area contributed by atoms with Gasteiger partial charge >= 0.3 is 0 Å². The van der Waals surface area contributed by atoms with Crippen LogP contribution >= 0.6 is 0 Å². The molecular formula is C16H18O4. The fraction of sp³-hybridized carbons (Fsp3) is 0.250. The van der Waals surface area contributed by atoms with E-state index in [-0.39, 0.29) is 6.61 Å². The fourth-order valence-electron chi connectivity index (χ4n) is 1.83. The molecule has 1 unspecified atom stereocenters. The second-order valence-electron chi connectivity index (χ2n) is 4.34. The highest BCUT2D eigenvalue weighted by Gasteiger charge is 2.01. The molecule has 2 rings (SSSR count). The van der Waals surface area contributed by atoms with Crippen LogP contribution in [-0.4, -0.2) is 29.7 Å². The van der Waals surface area contributed by atoms with E-state index in [9.17, 15) is 0 Å². The Morgan fingerprint density at radius 1 is 0.900 bits per heavy atom. The Morgan fingerprint density at radius 3 is 1.85 bits per heavy atom. The third kappa shape index (κ3) is 3.98. The first-order valence-electron chi connectivity index (χ1n) is 6.48. The lowest BCUT2D eigenvalue weighted by Gasteiger charge is -2.09. The van der Waals surface area contributed by atoms with Gasteiger partial charge in [-0.2, -0.15) is 0 Å². The van der Waals surface area contributed by atoms with Crippen LogP contribution in [0.4, 0.5) is 0 Å². The molecule has 20 heavy (non-hydrogen) atoms. The van der Waals surface area contributed by atoms with Crippen LogP contribution in [0.3, 0.4) is 0 Å². The first-order valence-corrected chi connectivity index (χ1v) is 6.48. The van der Waals surface area contributed by atoms with Gasteiger partial charge in [0.2, 0.25) is 0 Å². The summed E-state index contributed by atoms with van der Waals surface area (Å²) in [5.74, 6) is 1.36. The Morgan fingerprint density at radius 2 is 1.40 bits per heavy atom. The molecule has 2 aromatic carbocycles. The molecule has 0 aromatic heterocycles. The largest absolute Gasteiger partial charge is 0.491 e. The van der Waals surface area contributed by atoms with Gasteiger partial charge in [-0.1, -0.05) is 24.3 Å². The smallest absolute Gasteiger partial charge is 0.194 e. The van der Waals surface area contributed by atoms with E-state index < -0.39 is 6.29 Å². The normalized spacial score (nSPS) is 11.9. The van der Waals surface area contributed by atoms with E-state index >= 15 is 0 Å². The van der Waals surface area contributed by atoms with Crippen molar-refractivity contribution in [3.05, 3.63) is 48.5 Å². The summed E-state index contributed by atoms with van der Waals surface area (Å²) < 4.78 is 10.5. The number of hydrogen-bond acceptors (Lipinski definition) is 4. The van der Waals surface area contributed by atoms with Crippen LogP contribution in [0.1, 0.15) is 6.92 Å². The summed E-state index contributed by atoms with van der Waals surface area (Å²) in [6.45, 7) is 1.87. The lowest BCUT2D eigenvalue weighted by Crippen LogP contribution is -2.09. The van der Waals surface area contributed by atoms with Crippen molar-refractivity contribution in [3.63, 3.8) is 0 Å². The third-order valence-corrected chi connectivity index (χ3v) is 2.71. The van der Waals surface area contributed by atoms with Gasteiger partial charge in [0.05, 0.1) is 6.61 Å². The van der Waals surface area contributed by atoms with E-state index in [0.29, 0.717) is 12.4 Å². The Bertz CT molecular complexity index is 517. The van der Waals surface area contributed by atoms with Gasteiger partial charge in [0, 0.05) is 0 Å². The van der Waals surface area contributed by atoms with Gasteiger partial charge < -0.3 is 19.7 Å². The third-order valence-electron chi connectivity index (χ3n) is 2.71. The van der Waals surface area contributed by atoms with E-state index in [4.69, 9.17) is 19.7 Å². The second kappa shape index (κ2) is 6.93. The molecule has 106 valence electrons.